The van der Waals surface area contributed by atoms with E-state index < -0.39 is 22.8 Å². The third-order valence-corrected chi connectivity index (χ3v) is 5.59. The van der Waals surface area contributed by atoms with Gasteiger partial charge in [0.1, 0.15) is 6.54 Å². The minimum Gasteiger partial charge on any atom is -0.468 e. The zero-order valence-corrected chi connectivity index (χ0v) is 17.6. The Morgan fingerprint density at radius 1 is 1.16 bits per heavy atom. The topological polar surface area (TPSA) is 130 Å². The molecule has 0 radical (unpaired) electrons. The van der Waals surface area contributed by atoms with Gasteiger partial charge in [0.05, 0.1) is 40.5 Å². The Bertz CT molecular complexity index is 1290. The summed E-state index contributed by atoms with van der Waals surface area (Å²) in [4.78, 5) is 51.4. The molecule has 0 unspecified atom stereocenters. The first-order valence-corrected chi connectivity index (χ1v) is 9.70. The average Bonchev–Trinajstić information content (AvgIpc) is 3.08. The quantitative estimate of drug-likeness (QED) is 0.336. The summed E-state index contributed by atoms with van der Waals surface area (Å²) in [6.07, 6.45) is 0. The van der Waals surface area contributed by atoms with Crippen molar-refractivity contribution < 1.29 is 28.8 Å². The molecule has 0 N–H and O–H groups in total. The lowest BCUT2D eigenvalue weighted by Crippen LogP contribution is -2.22. The molecule has 0 spiro atoms. The summed E-state index contributed by atoms with van der Waals surface area (Å²) in [5, 5.41) is 11.2. The van der Waals surface area contributed by atoms with E-state index in [9.17, 15) is 24.5 Å². The van der Waals surface area contributed by atoms with Gasteiger partial charge in [-0.3, -0.25) is 19.7 Å². The number of amides is 1. The molecule has 2 aromatic carbocycles. The molecular formula is C20H17N3O7S. The van der Waals surface area contributed by atoms with Crippen LogP contribution in [0.3, 0.4) is 0 Å². The van der Waals surface area contributed by atoms with Gasteiger partial charge < -0.3 is 14.0 Å². The van der Waals surface area contributed by atoms with Crippen LogP contribution in [-0.2, 0) is 20.8 Å². The molecule has 3 rings (SSSR count). The maximum atomic E-state index is 12.8. The van der Waals surface area contributed by atoms with E-state index in [0.29, 0.717) is 15.8 Å². The Hall–Kier alpha value is -3.86. The third kappa shape index (κ3) is 4.36. The summed E-state index contributed by atoms with van der Waals surface area (Å²) in [6.45, 7) is 1.26. The van der Waals surface area contributed by atoms with Gasteiger partial charge in [-0.2, -0.15) is 4.99 Å². The second kappa shape index (κ2) is 8.88. The molecule has 0 atom stereocenters. The minimum absolute atomic E-state index is 0.0755. The first-order chi connectivity index (χ1) is 14.8. The number of hydrogen-bond donors (Lipinski definition) is 0. The Labute approximate surface area is 179 Å². The number of carbonyl (C=O) groups excluding carboxylic acids is 3. The predicted molar refractivity (Wildman–Crippen MR) is 111 cm³/mol. The Kier molecular flexibility index (Phi) is 6.25. The van der Waals surface area contributed by atoms with Gasteiger partial charge in [0.15, 0.2) is 4.80 Å². The van der Waals surface area contributed by atoms with Crippen molar-refractivity contribution in [2.75, 3.05) is 14.2 Å². The van der Waals surface area contributed by atoms with Gasteiger partial charge in [-0.15, -0.1) is 0 Å². The van der Waals surface area contributed by atoms with Crippen LogP contribution in [0, 0.1) is 17.0 Å². The van der Waals surface area contributed by atoms with E-state index >= 15 is 0 Å². The van der Waals surface area contributed by atoms with E-state index in [2.05, 4.69) is 4.99 Å². The van der Waals surface area contributed by atoms with Gasteiger partial charge in [0, 0.05) is 11.6 Å². The van der Waals surface area contributed by atoms with Crippen LogP contribution in [0.15, 0.2) is 41.4 Å². The number of ether oxygens (including phenoxy) is 2. The van der Waals surface area contributed by atoms with Crippen molar-refractivity contribution in [1.29, 1.82) is 0 Å². The van der Waals surface area contributed by atoms with Gasteiger partial charge in [-0.1, -0.05) is 17.4 Å². The lowest BCUT2D eigenvalue weighted by molar-refractivity contribution is -0.385. The standard InChI is InChI=1S/C20H17N3O7S/c1-11-13(5-4-6-14(11)23(27)28)18(25)21-20-22(10-17(24)29-2)15-8-7-12(19(26)30-3)9-16(15)31-20/h4-9H,10H2,1-3H3. The molecule has 0 aliphatic rings. The largest absolute Gasteiger partial charge is 0.468 e. The number of rotatable bonds is 5. The highest BCUT2D eigenvalue weighted by molar-refractivity contribution is 7.16. The van der Waals surface area contributed by atoms with Crippen molar-refractivity contribution >= 4 is 45.1 Å². The SMILES string of the molecule is COC(=O)Cn1c(=NC(=O)c2cccc([N+](=O)[O-])c2C)sc2cc(C(=O)OC)ccc21. The number of hydrogen-bond acceptors (Lipinski definition) is 8. The van der Waals surface area contributed by atoms with Gasteiger partial charge in [0.25, 0.3) is 11.6 Å². The van der Waals surface area contributed by atoms with Gasteiger partial charge >= 0.3 is 11.9 Å². The van der Waals surface area contributed by atoms with Gasteiger partial charge in [0.2, 0.25) is 0 Å². The van der Waals surface area contributed by atoms with Crippen molar-refractivity contribution in [2.45, 2.75) is 13.5 Å². The summed E-state index contributed by atoms with van der Waals surface area (Å²) >= 11 is 1.08. The molecule has 3 aromatic rings. The second-order valence-electron chi connectivity index (χ2n) is 6.34. The minimum atomic E-state index is -0.695. The van der Waals surface area contributed by atoms with E-state index in [4.69, 9.17) is 9.47 Å². The zero-order chi connectivity index (χ0) is 22.7. The van der Waals surface area contributed by atoms with Crippen molar-refractivity contribution in [3.8, 4) is 0 Å². The molecule has 0 bridgehead atoms. The fraction of sp³-hybridized carbons (Fsp3) is 0.200. The molecule has 31 heavy (non-hydrogen) atoms. The summed E-state index contributed by atoms with van der Waals surface area (Å²) < 4.78 is 11.5. The van der Waals surface area contributed by atoms with E-state index in [1.165, 1.54) is 50.0 Å². The van der Waals surface area contributed by atoms with Crippen LogP contribution in [0.1, 0.15) is 26.3 Å². The molecule has 10 nitrogen and oxygen atoms in total. The summed E-state index contributed by atoms with van der Waals surface area (Å²) in [5.74, 6) is -1.78. The van der Waals surface area contributed by atoms with E-state index in [1.54, 1.807) is 12.1 Å². The van der Waals surface area contributed by atoms with Crippen molar-refractivity contribution in [3.05, 3.63) is 68.0 Å². The first-order valence-electron chi connectivity index (χ1n) is 8.88. The maximum absolute atomic E-state index is 12.8. The summed E-state index contributed by atoms with van der Waals surface area (Å²) in [7, 11) is 2.50. The van der Waals surface area contributed by atoms with Crippen LogP contribution in [0.25, 0.3) is 10.2 Å². The Morgan fingerprint density at radius 3 is 2.55 bits per heavy atom. The van der Waals surface area contributed by atoms with Gasteiger partial charge in [-0.25, -0.2) is 4.79 Å². The highest BCUT2D eigenvalue weighted by Gasteiger charge is 2.19. The second-order valence-corrected chi connectivity index (χ2v) is 7.35. The van der Waals surface area contributed by atoms with Crippen LogP contribution in [0.2, 0.25) is 0 Å². The van der Waals surface area contributed by atoms with E-state index in [1.807, 2.05) is 0 Å². The number of esters is 2. The van der Waals surface area contributed by atoms with Crippen molar-refractivity contribution in [3.63, 3.8) is 0 Å². The normalized spacial score (nSPS) is 11.4. The lowest BCUT2D eigenvalue weighted by Gasteiger charge is -2.05. The zero-order valence-electron chi connectivity index (χ0n) is 16.8. The van der Waals surface area contributed by atoms with Crippen LogP contribution in [0.5, 0.6) is 0 Å². The number of methoxy groups -OCH3 is 2. The number of carbonyl (C=O) groups is 3. The number of nitro benzene ring substituents is 1. The first kappa shape index (κ1) is 21.8. The lowest BCUT2D eigenvalue weighted by atomic mass is 10.1. The molecule has 0 saturated heterocycles. The van der Waals surface area contributed by atoms with E-state index in [-0.39, 0.29) is 28.2 Å². The highest BCUT2D eigenvalue weighted by Crippen LogP contribution is 2.23. The summed E-state index contributed by atoms with van der Waals surface area (Å²) in [6, 6.07) is 8.87. The molecule has 1 heterocycles. The molecule has 1 aromatic heterocycles. The smallest absolute Gasteiger partial charge is 0.337 e. The predicted octanol–water partition coefficient (Wildman–Crippen LogP) is 2.62. The molecule has 0 saturated carbocycles. The molecule has 0 aliphatic carbocycles. The third-order valence-electron chi connectivity index (χ3n) is 4.55. The molecular weight excluding hydrogens is 426 g/mol. The highest BCUT2D eigenvalue weighted by atomic mass is 32.1. The number of nitro groups is 1. The number of nitrogens with zero attached hydrogens (tertiary/aromatic N) is 3. The van der Waals surface area contributed by atoms with Crippen LogP contribution in [-0.4, -0.2) is 41.6 Å². The molecule has 160 valence electrons. The fourth-order valence-corrected chi connectivity index (χ4v) is 4.02. The number of thiazole rings is 1. The Balaban J connectivity index is 2.18. The van der Waals surface area contributed by atoms with Crippen LogP contribution in [0.4, 0.5) is 5.69 Å². The number of benzene rings is 2. The molecule has 11 heteroatoms. The molecule has 0 aliphatic heterocycles. The van der Waals surface area contributed by atoms with Crippen LogP contribution >= 0.6 is 11.3 Å². The number of fused-ring (bicyclic) bond motifs is 1. The fourth-order valence-electron chi connectivity index (χ4n) is 2.95. The monoisotopic (exact) mass is 443 g/mol. The van der Waals surface area contributed by atoms with E-state index in [0.717, 1.165) is 11.3 Å². The van der Waals surface area contributed by atoms with Crippen LogP contribution < -0.4 is 4.80 Å². The van der Waals surface area contributed by atoms with Crippen molar-refractivity contribution in [1.82, 2.24) is 4.57 Å². The summed E-state index contributed by atoms with van der Waals surface area (Å²) in [5.41, 5.74) is 0.933. The molecule has 1 amide bonds. The average molecular weight is 443 g/mol. The maximum Gasteiger partial charge on any atom is 0.337 e. The Morgan fingerprint density at radius 2 is 1.90 bits per heavy atom. The molecule has 0 fully saturated rings. The van der Waals surface area contributed by atoms with Crippen molar-refractivity contribution in [2.24, 2.45) is 4.99 Å². The van der Waals surface area contributed by atoms with Gasteiger partial charge in [-0.05, 0) is 31.2 Å². The number of aromatic nitrogens is 1.